The predicted molar refractivity (Wildman–Crippen MR) is 73.8 cm³/mol. The number of anilines is 1. The zero-order valence-electron chi connectivity index (χ0n) is 11.1. The summed E-state index contributed by atoms with van der Waals surface area (Å²) in [5, 5.41) is 10.1. The summed E-state index contributed by atoms with van der Waals surface area (Å²) < 4.78 is 0. The molecule has 1 aliphatic carbocycles. The number of rotatable bonds is 6. The van der Waals surface area contributed by atoms with Crippen molar-refractivity contribution in [2.45, 2.75) is 51.5 Å². The van der Waals surface area contributed by atoms with E-state index < -0.39 is 5.97 Å². The van der Waals surface area contributed by atoms with E-state index in [1.54, 1.807) is 0 Å². The van der Waals surface area contributed by atoms with Gasteiger partial charge in [-0.2, -0.15) is 0 Å². The molecule has 2 rings (SSSR count). The molecule has 1 aliphatic rings. The van der Waals surface area contributed by atoms with E-state index in [1.807, 2.05) is 7.05 Å². The molecule has 1 N–H and O–H groups in total. The van der Waals surface area contributed by atoms with E-state index in [0.29, 0.717) is 16.8 Å². The Balaban J connectivity index is 2.28. The van der Waals surface area contributed by atoms with E-state index in [0.717, 1.165) is 36.5 Å². The number of thiazole rings is 1. The Labute approximate surface area is 112 Å². The summed E-state index contributed by atoms with van der Waals surface area (Å²) in [6.07, 6.45) is 4.26. The third kappa shape index (κ3) is 2.51. The molecule has 0 aromatic carbocycles. The molecule has 1 aromatic heterocycles. The van der Waals surface area contributed by atoms with Gasteiger partial charge in [-0.15, -0.1) is 0 Å². The van der Waals surface area contributed by atoms with Crippen molar-refractivity contribution in [2.24, 2.45) is 0 Å². The first kappa shape index (κ1) is 13.3. The largest absolute Gasteiger partial charge is 0.477 e. The summed E-state index contributed by atoms with van der Waals surface area (Å²) >= 11 is 1.32. The number of hydrogen-bond acceptors (Lipinski definition) is 4. The molecule has 0 radical (unpaired) electrons. The normalized spacial score (nSPS) is 15.1. The molecule has 0 atom stereocenters. The highest BCUT2D eigenvalue weighted by atomic mass is 32.1. The Hall–Kier alpha value is -1.10. The zero-order valence-corrected chi connectivity index (χ0v) is 12.0. The molecule has 0 amide bonds. The minimum Gasteiger partial charge on any atom is -0.477 e. The van der Waals surface area contributed by atoms with E-state index >= 15 is 0 Å². The fourth-order valence-corrected chi connectivity index (χ4v) is 3.27. The molecule has 1 fully saturated rings. The van der Waals surface area contributed by atoms with Crippen molar-refractivity contribution in [2.75, 3.05) is 11.9 Å². The van der Waals surface area contributed by atoms with Gasteiger partial charge < -0.3 is 10.0 Å². The van der Waals surface area contributed by atoms with Crippen LogP contribution in [0.25, 0.3) is 0 Å². The van der Waals surface area contributed by atoms with Gasteiger partial charge in [0.15, 0.2) is 5.13 Å². The average molecular weight is 268 g/mol. The number of nitrogens with zero attached hydrogens (tertiary/aromatic N) is 2. The van der Waals surface area contributed by atoms with Crippen LogP contribution in [0, 0.1) is 0 Å². The smallest absolute Gasteiger partial charge is 0.347 e. The first-order chi connectivity index (χ1) is 8.58. The molecule has 1 heterocycles. The minimum atomic E-state index is -0.835. The number of aromatic nitrogens is 1. The second kappa shape index (κ2) is 5.26. The lowest BCUT2D eigenvalue weighted by molar-refractivity contribution is 0.0700. The van der Waals surface area contributed by atoms with E-state index in [-0.39, 0.29) is 0 Å². The van der Waals surface area contributed by atoms with Crippen molar-refractivity contribution in [1.29, 1.82) is 0 Å². The highest BCUT2D eigenvalue weighted by Gasteiger charge is 2.33. The van der Waals surface area contributed by atoms with E-state index in [2.05, 4.69) is 23.7 Å². The molecule has 5 heteroatoms. The summed E-state index contributed by atoms with van der Waals surface area (Å²) in [4.78, 5) is 18.4. The van der Waals surface area contributed by atoms with Crippen molar-refractivity contribution in [3.63, 3.8) is 0 Å². The number of carbonyl (C=O) groups is 1. The van der Waals surface area contributed by atoms with Crippen molar-refractivity contribution >= 4 is 22.4 Å². The minimum absolute atomic E-state index is 0.385. The standard InChI is InChI=1S/C13H20N2O2S/c1-4-9(5-2)15(3)13-14-10(8-6-7-8)11(18-13)12(16)17/h8-9H,4-7H2,1-3H3,(H,16,17). The maximum Gasteiger partial charge on any atom is 0.347 e. The van der Waals surface area contributed by atoms with Gasteiger partial charge in [0.25, 0.3) is 0 Å². The highest BCUT2D eigenvalue weighted by molar-refractivity contribution is 7.17. The Bertz CT molecular complexity index is 436. The topological polar surface area (TPSA) is 53.4 Å². The molecule has 1 saturated carbocycles. The van der Waals surface area contributed by atoms with Crippen LogP contribution in [-0.4, -0.2) is 29.1 Å². The summed E-state index contributed by atoms with van der Waals surface area (Å²) in [6.45, 7) is 4.30. The first-order valence-corrected chi connectivity index (χ1v) is 7.36. The molecule has 18 heavy (non-hydrogen) atoms. The molecule has 1 aromatic rings. The van der Waals surface area contributed by atoms with Crippen molar-refractivity contribution in [3.8, 4) is 0 Å². The van der Waals surface area contributed by atoms with Gasteiger partial charge in [0.2, 0.25) is 0 Å². The fraction of sp³-hybridized carbons (Fsp3) is 0.692. The van der Waals surface area contributed by atoms with Crippen LogP contribution in [0.15, 0.2) is 0 Å². The van der Waals surface area contributed by atoms with Gasteiger partial charge in [0.1, 0.15) is 4.88 Å². The zero-order chi connectivity index (χ0) is 13.3. The van der Waals surface area contributed by atoms with Crippen LogP contribution in [0.1, 0.15) is 60.8 Å². The lowest BCUT2D eigenvalue weighted by atomic mass is 10.1. The Morgan fingerprint density at radius 1 is 1.50 bits per heavy atom. The molecule has 100 valence electrons. The second-order valence-electron chi connectivity index (χ2n) is 4.87. The maximum atomic E-state index is 11.3. The van der Waals surface area contributed by atoms with Crippen molar-refractivity contribution in [3.05, 3.63) is 10.6 Å². The van der Waals surface area contributed by atoms with Crippen LogP contribution in [0.3, 0.4) is 0 Å². The quantitative estimate of drug-likeness (QED) is 0.859. The van der Waals surface area contributed by atoms with E-state index in [1.165, 1.54) is 11.3 Å². The first-order valence-electron chi connectivity index (χ1n) is 6.55. The summed E-state index contributed by atoms with van der Waals surface area (Å²) in [6, 6.07) is 0.435. The maximum absolute atomic E-state index is 11.3. The lowest BCUT2D eigenvalue weighted by Crippen LogP contribution is -2.30. The van der Waals surface area contributed by atoms with Crippen LogP contribution >= 0.6 is 11.3 Å². The summed E-state index contributed by atoms with van der Waals surface area (Å²) in [7, 11) is 2.01. The number of carboxylic acid groups (broad SMARTS) is 1. The van der Waals surface area contributed by atoms with Gasteiger partial charge >= 0.3 is 5.97 Å². The number of aromatic carboxylic acids is 1. The Morgan fingerprint density at radius 2 is 2.11 bits per heavy atom. The fourth-order valence-electron chi connectivity index (χ4n) is 2.25. The average Bonchev–Trinajstić information content (AvgIpc) is 3.09. The Morgan fingerprint density at radius 3 is 2.56 bits per heavy atom. The predicted octanol–water partition coefficient (Wildman–Crippen LogP) is 3.34. The van der Waals surface area contributed by atoms with Gasteiger partial charge in [-0.3, -0.25) is 0 Å². The monoisotopic (exact) mass is 268 g/mol. The van der Waals surface area contributed by atoms with Gasteiger partial charge in [0.05, 0.1) is 5.69 Å². The van der Waals surface area contributed by atoms with E-state index in [9.17, 15) is 9.90 Å². The number of carboxylic acids is 1. The van der Waals surface area contributed by atoms with Gasteiger partial charge in [-0.05, 0) is 25.7 Å². The Kier molecular flexibility index (Phi) is 3.90. The molecule has 0 bridgehead atoms. The van der Waals surface area contributed by atoms with Crippen LogP contribution < -0.4 is 4.90 Å². The summed E-state index contributed by atoms with van der Waals surface area (Å²) in [5.41, 5.74) is 0.806. The molecule has 4 nitrogen and oxygen atoms in total. The molecule has 0 unspecified atom stereocenters. The lowest BCUT2D eigenvalue weighted by Gasteiger charge is -2.25. The SMILES string of the molecule is CCC(CC)N(C)c1nc(C2CC2)c(C(=O)O)s1. The third-order valence-electron chi connectivity index (χ3n) is 3.59. The van der Waals surface area contributed by atoms with Gasteiger partial charge in [0, 0.05) is 19.0 Å². The van der Waals surface area contributed by atoms with Crippen molar-refractivity contribution in [1.82, 2.24) is 4.98 Å². The highest BCUT2D eigenvalue weighted by Crippen LogP contribution is 2.44. The molecular formula is C13H20N2O2S. The van der Waals surface area contributed by atoms with Crippen LogP contribution in [0.2, 0.25) is 0 Å². The molecule has 0 aliphatic heterocycles. The van der Waals surface area contributed by atoms with Crippen LogP contribution in [0.5, 0.6) is 0 Å². The second-order valence-corrected chi connectivity index (χ2v) is 5.85. The summed E-state index contributed by atoms with van der Waals surface area (Å²) in [5.74, 6) is -0.449. The van der Waals surface area contributed by atoms with Crippen LogP contribution in [0.4, 0.5) is 5.13 Å². The van der Waals surface area contributed by atoms with Crippen LogP contribution in [-0.2, 0) is 0 Å². The molecule has 0 saturated heterocycles. The van der Waals surface area contributed by atoms with Crippen molar-refractivity contribution < 1.29 is 9.90 Å². The van der Waals surface area contributed by atoms with Gasteiger partial charge in [-0.25, -0.2) is 9.78 Å². The third-order valence-corrected chi connectivity index (χ3v) is 4.74. The van der Waals surface area contributed by atoms with Gasteiger partial charge in [-0.1, -0.05) is 25.2 Å². The molecule has 0 spiro atoms. The van der Waals surface area contributed by atoms with E-state index in [4.69, 9.17) is 0 Å². The molecular weight excluding hydrogens is 248 g/mol. The number of hydrogen-bond donors (Lipinski definition) is 1.